The molecule has 2 fully saturated rings. The van der Waals surface area contributed by atoms with Gasteiger partial charge in [0, 0.05) is 31.7 Å². The van der Waals surface area contributed by atoms with Crippen molar-refractivity contribution >= 4 is 0 Å². The second-order valence-corrected chi connectivity index (χ2v) is 6.52. The fourth-order valence-electron chi connectivity index (χ4n) is 3.61. The van der Waals surface area contributed by atoms with Crippen molar-refractivity contribution in [3.63, 3.8) is 0 Å². The summed E-state index contributed by atoms with van der Waals surface area (Å²) >= 11 is 0. The number of hydrogen-bond donors (Lipinski definition) is 1. The molecule has 3 unspecified atom stereocenters. The Kier molecular flexibility index (Phi) is 4.87. The summed E-state index contributed by atoms with van der Waals surface area (Å²) < 4.78 is 0. The number of hydrogen-bond acceptors (Lipinski definition) is 2. The fourth-order valence-corrected chi connectivity index (χ4v) is 3.61. The molecule has 0 aromatic heterocycles. The number of nitrogens with zero attached hydrogens (tertiary/aromatic N) is 1. The molecule has 1 saturated carbocycles. The van der Waals surface area contributed by atoms with Crippen LogP contribution in [0.25, 0.3) is 0 Å². The van der Waals surface area contributed by atoms with Gasteiger partial charge in [0.15, 0.2) is 0 Å². The van der Waals surface area contributed by atoms with E-state index in [1.807, 2.05) is 0 Å². The third-order valence-electron chi connectivity index (χ3n) is 4.79. The molecule has 2 nitrogen and oxygen atoms in total. The van der Waals surface area contributed by atoms with Gasteiger partial charge in [0.05, 0.1) is 0 Å². The van der Waals surface area contributed by atoms with Gasteiger partial charge in [0.1, 0.15) is 0 Å². The van der Waals surface area contributed by atoms with E-state index < -0.39 is 0 Å². The van der Waals surface area contributed by atoms with Gasteiger partial charge < -0.3 is 5.32 Å². The molecule has 0 bridgehead atoms. The van der Waals surface area contributed by atoms with Gasteiger partial charge in [0.2, 0.25) is 0 Å². The molecule has 1 saturated heterocycles. The minimum Gasteiger partial charge on any atom is -0.314 e. The first-order valence-electron chi connectivity index (χ1n) is 7.65. The van der Waals surface area contributed by atoms with Gasteiger partial charge in [-0.15, -0.1) is 0 Å². The highest BCUT2D eigenvalue weighted by molar-refractivity contribution is 4.88. The summed E-state index contributed by atoms with van der Waals surface area (Å²) in [5.41, 5.74) is 0. The Labute approximate surface area is 107 Å². The van der Waals surface area contributed by atoms with Crippen LogP contribution < -0.4 is 5.32 Å². The Bertz CT molecular complexity index is 227. The molecule has 0 aromatic carbocycles. The first kappa shape index (κ1) is 13.4. The molecule has 1 aliphatic carbocycles. The van der Waals surface area contributed by atoms with E-state index in [-0.39, 0.29) is 0 Å². The predicted molar refractivity (Wildman–Crippen MR) is 74.2 cm³/mol. The Morgan fingerprint density at radius 3 is 2.71 bits per heavy atom. The topological polar surface area (TPSA) is 15.3 Å². The normalized spacial score (nSPS) is 37.1. The second kappa shape index (κ2) is 6.19. The van der Waals surface area contributed by atoms with Gasteiger partial charge in [-0.05, 0) is 31.1 Å². The van der Waals surface area contributed by atoms with Crippen LogP contribution in [0.3, 0.4) is 0 Å². The maximum Gasteiger partial charge on any atom is 0.0247 e. The molecule has 0 amide bonds. The Hall–Kier alpha value is -0.0800. The summed E-state index contributed by atoms with van der Waals surface area (Å²) in [7, 11) is 0. The standard InChI is InChI=1S/C15H30N2/c1-12(2)15-11-16-9-10-17(15)14-6-4-5-13(3)7-8-14/h12-16H,4-11H2,1-3H3. The van der Waals surface area contributed by atoms with Crippen LogP contribution >= 0.6 is 0 Å². The average Bonchev–Trinajstić information content (AvgIpc) is 2.54. The first-order chi connectivity index (χ1) is 8.18. The van der Waals surface area contributed by atoms with Crippen LogP contribution in [0.2, 0.25) is 0 Å². The monoisotopic (exact) mass is 238 g/mol. The van der Waals surface area contributed by atoms with E-state index in [9.17, 15) is 0 Å². The molecule has 100 valence electrons. The molecule has 3 atom stereocenters. The van der Waals surface area contributed by atoms with E-state index in [2.05, 4.69) is 31.0 Å². The summed E-state index contributed by atoms with van der Waals surface area (Å²) in [6.07, 6.45) is 7.22. The van der Waals surface area contributed by atoms with E-state index in [0.29, 0.717) is 0 Å². The SMILES string of the molecule is CC1CCCC(N2CCNCC2C(C)C)CC1. The molecule has 1 N–H and O–H groups in total. The fraction of sp³-hybridized carbons (Fsp3) is 1.00. The molecule has 0 aromatic rings. The molecular formula is C15H30N2. The number of nitrogens with one attached hydrogen (secondary N) is 1. The van der Waals surface area contributed by atoms with Crippen LogP contribution in [0.5, 0.6) is 0 Å². The summed E-state index contributed by atoms with van der Waals surface area (Å²) in [4.78, 5) is 2.83. The smallest absolute Gasteiger partial charge is 0.0247 e. The van der Waals surface area contributed by atoms with Crippen LogP contribution in [0.1, 0.15) is 52.9 Å². The summed E-state index contributed by atoms with van der Waals surface area (Å²) in [6, 6.07) is 1.64. The zero-order valence-corrected chi connectivity index (χ0v) is 11.9. The van der Waals surface area contributed by atoms with E-state index in [1.165, 1.54) is 51.7 Å². The van der Waals surface area contributed by atoms with Crippen LogP contribution in [-0.2, 0) is 0 Å². The highest BCUT2D eigenvalue weighted by Gasteiger charge is 2.31. The average molecular weight is 238 g/mol. The van der Waals surface area contributed by atoms with Crippen molar-refractivity contribution in [1.82, 2.24) is 10.2 Å². The summed E-state index contributed by atoms with van der Waals surface area (Å²) in [5.74, 6) is 1.74. The highest BCUT2D eigenvalue weighted by atomic mass is 15.2. The molecule has 0 radical (unpaired) electrons. The molecule has 17 heavy (non-hydrogen) atoms. The molecular weight excluding hydrogens is 208 g/mol. The van der Waals surface area contributed by atoms with Gasteiger partial charge in [-0.2, -0.15) is 0 Å². The quantitative estimate of drug-likeness (QED) is 0.744. The van der Waals surface area contributed by atoms with Gasteiger partial charge in [-0.3, -0.25) is 4.90 Å². The van der Waals surface area contributed by atoms with Crippen molar-refractivity contribution in [1.29, 1.82) is 0 Å². The van der Waals surface area contributed by atoms with Crippen LogP contribution in [0.15, 0.2) is 0 Å². The highest BCUT2D eigenvalue weighted by Crippen LogP contribution is 2.28. The van der Waals surface area contributed by atoms with Gasteiger partial charge in [-0.25, -0.2) is 0 Å². The Morgan fingerprint density at radius 2 is 1.94 bits per heavy atom. The van der Waals surface area contributed by atoms with Crippen molar-refractivity contribution < 1.29 is 0 Å². The lowest BCUT2D eigenvalue weighted by Crippen LogP contribution is -2.57. The maximum atomic E-state index is 3.57. The summed E-state index contributed by atoms with van der Waals surface area (Å²) in [5, 5.41) is 3.57. The summed E-state index contributed by atoms with van der Waals surface area (Å²) in [6.45, 7) is 10.8. The van der Waals surface area contributed by atoms with Crippen molar-refractivity contribution in [2.24, 2.45) is 11.8 Å². The Balaban J connectivity index is 1.97. The molecule has 1 heterocycles. The van der Waals surface area contributed by atoms with Crippen LogP contribution in [-0.4, -0.2) is 36.6 Å². The van der Waals surface area contributed by atoms with Gasteiger partial charge in [0.25, 0.3) is 0 Å². The van der Waals surface area contributed by atoms with Gasteiger partial charge in [-0.1, -0.05) is 33.6 Å². The molecule has 1 aliphatic heterocycles. The second-order valence-electron chi connectivity index (χ2n) is 6.52. The minimum atomic E-state index is 0.766. The van der Waals surface area contributed by atoms with Crippen LogP contribution in [0, 0.1) is 11.8 Å². The van der Waals surface area contributed by atoms with E-state index in [1.54, 1.807) is 0 Å². The lowest BCUT2D eigenvalue weighted by Gasteiger charge is -2.43. The zero-order valence-electron chi connectivity index (χ0n) is 11.9. The lowest BCUT2D eigenvalue weighted by molar-refractivity contribution is 0.0685. The van der Waals surface area contributed by atoms with Crippen molar-refractivity contribution in [2.45, 2.75) is 65.0 Å². The number of piperazine rings is 1. The van der Waals surface area contributed by atoms with Crippen molar-refractivity contribution in [3.8, 4) is 0 Å². The minimum absolute atomic E-state index is 0.766. The zero-order chi connectivity index (χ0) is 12.3. The predicted octanol–water partition coefficient (Wildman–Crippen LogP) is 2.89. The molecule has 0 spiro atoms. The van der Waals surface area contributed by atoms with E-state index in [0.717, 1.165) is 23.9 Å². The molecule has 2 rings (SSSR count). The van der Waals surface area contributed by atoms with E-state index in [4.69, 9.17) is 0 Å². The maximum absolute atomic E-state index is 3.57. The van der Waals surface area contributed by atoms with Crippen molar-refractivity contribution in [2.75, 3.05) is 19.6 Å². The van der Waals surface area contributed by atoms with Crippen molar-refractivity contribution in [3.05, 3.63) is 0 Å². The lowest BCUT2D eigenvalue weighted by atomic mass is 9.95. The number of rotatable bonds is 2. The molecule has 2 aliphatic rings. The first-order valence-corrected chi connectivity index (χ1v) is 7.65. The van der Waals surface area contributed by atoms with Crippen LogP contribution in [0.4, 0.5) is 0 Å². The third kappa shape index (κ3) is 3.45. The molecule has 2 heteroatoms. The Morgan fingerprint density at radius 1 is 1.12 bits per heavy atom. The third-order valence-corrected chi connectivity index (χ3v) is 4.79. The van der Waals surface area contributed by atoms with E-state index >= 15 is 0 Å². The largest absolute Gasteiger partial charge is 0.314 e. The van der Waals surface area contributed by atoms with Gasteiger partial charge >= 0.3 is 0 Å².